The molecule has 2 aromatic carbocycles. The summed E-state index contributed by atoms with van der Waals surface area (Å²) < 4.78 is 48.8. The van der Waals surface area contributed by atoms with Crippen LogP contribution in [0.15, 0.2) is 48.5 Å². The largest absolute Gasteiger partial charge is 0.376 e. The van der Waals surface area contributed by atoms with Gasteiger partial charge in [-0.1, -0.05) is 54.6 Å². The second-order valence-electron chi connectivity index (χ2n) is 4.02. The Morgan fingerprint density at radius 2 is 1.50 bits per heavy atom. The second-order valence-corrected chi connectivity index (χ2v) is 5.22. The molecule has 2 aromatic rings. The SMILES string of the molecule is O=S(O)Oc1cccc(/C=C/c2ccccc2)c1OS(=O)O. The van der Waals surface area contributed by atoms with Gasteiger partial charge in [0.05, 0.1) is 0 Å². The lowest BCUT2D eigenvalue weighted by molar-refractivity contribution is 0.425. The number of rotatable bonds is 6. The van der Waals surface area contributed by atoms with Crippen LogP contribution in [0.3, 0.4) is 0 Å². The third-order valence-corrected chi connectivity index (χ3v) is 3.21. The monoisotopic (exact) mass is 340 g/mol. The Morgan fingerprint density at radius 1 is 0.818 bits per heavy atom. The number of para-hydroxylation sites is 1. The standard InChI is InChI=1S/C14H12O6S2/c15-21(16)19-13-8-4-7-12(14(13)20-22(17)18)10-9-11-5-2-1-3-6-11/h1-10H,(H,15,16)(H,17,18)/b10-9+. The number of benzene rings is 2. The van der Waals surface area contributed by atoms with Crippen molar-refractivity contribution in [2.24, 2.45) is 0 Å². The van der Waals surface area contributed by atoms with Crippen molar-refractivity contribution in [2.75, 3.05) is 0 Å². The van der Waals surface area contributed by atoms with E-state index >= 15 is 0 Å². The summed E-state index contributed by atoms with van der Waals surface area (Å²) in [7, 11) is 0. The molecule has 8 heteroatoms. The molecule has 2 N–H and O–H groups in total. The molecule has 0 saturated heterocycles. The van der Waals surface area contributed by atoms with Gasteiger partial charge in [0.25, 0.3) is 0 Å². The van der Waals surface area contributed by atoms with Crippen LogP contribution in [-0.2, 0) is 22.7 Å². The maximum Gasteiger partial charge on any atom is 0.357 e. The predicted molar refractivity (Wildman–Crippen MR) is 84.6 cm³/mol. The highest BCUT2D eigenvalue weighted by molar-refractivity contribution is 7.74. The Balaban J connectivity index is 2.39. The average molecular weight is 340 g/mol. The van der Waals surface area contributed by atoms with Crippen LogP contribution in [0.4, 0.5) is 0 Å². The molecule has 2 atom stereocenters. The molecule has 0 bridgehead atoms. The highest BCUT2D eigenvalue weighted by Crippen LogP contribution is 2.33. The van der Waals surface area contributed by atoms with Gasteiger partial charge in [-0.3, -0.25) is 9.11 Å². The van der Waals surface area contributed by atoms with E-state index in [1.54, 1.807) is 24.3 Å². The van der Waals surface area contributed by atoms with Gasteiger partial charge in [-0.15, -0.1) is 0 Å². The van der Waals surface area contributed by atoms with Gasteiger partial charge in [0.2, 0.25) is 0 Å². The number of hydrogen-bond donors (Lipinski definition) is 2. The van der Waals surface area contributed by atoms with E-state index in [2.05, 4.69) is 4.18 Å². The van der Waals surface area contributed by atoms with E-state index < -0.39 is 22.7 Å². The first-order valence-corrected chi connectivity index (χ1v) is 8.07. The van der Waals surface area contributed by atoms with Crippen LogP contribution in [0.25, 0.3) is 12.2 Å². The molecule has 6 nitrogen and oxygen atoms in total. The van der Waals surface area contributed by atoms with Gasteiger partial charge in [0.15, 0.2) is 11.5 Å². The molecule has 2 unspecified atom stereocenters. The van der Waals surface area contributed by atoms with E-state index in [0.29, 0.717) is 5.56 Å². The van der Waals surface area contributed by atoms with Gasteiger partial charge < -0.3 is 8.37 Å². The van der Waals surface area contributed by atoms with E-state index in [4.69, 9.17) is 13.3 Å². The fraction of sp³-hybridized carbons (Fsp3) is 0. The minimum Gasteiger partial charge on any atom is -0.376 e. The summed E-state index contributed by atoms with van der Waals surface area (Å²) in [5.74, 6) is -0.212. The minimum absolute atomic E-state index is 0.0992. The van der Waals surface area contributed by atoms with Gasteiger partial charge in [-0.2, -0.15) is 8.42 Å². The van der Waals surface area contributed by atoms with Crippen molar-refractivity contribution in [3.05, 3.63) is 59.7 Å². The topological polar surface area (TPSA) is 93.1 Å². The first-order chi connectivity index (χ1) is 10.6. The normalized spacial score (nSPS) is 13.7. The lowest BCUT2D eigenvalue weighted by Crippen LogP contribution is -2.04. The zero-order valence-corrected chi connectivity index (χ0v) is 12.8. The second kappa shape index (κ2) is 7.85. The zero-order valence-electron chi connectivity index (χ0n) is 11.1. The third kappa shape index (κ3) is 4.78. The van der Waals surface area contributed by atoms with Crippen LogP contribution in [0.2, 0.25) is 0 Å². The third-order valence-electron chi connectivity index (χ3n) is 2.58. The van der Waals surface area contributed by atoms with Crippen molar-refractivity contribution in [1.82, 2.24) is 0 Å². The van der Waals surface area contributed by atoms with E-state index in [0.717, 1.165) is 5.56 Å². The van der Waals surface area contributed by atoms with Crippen molar-refractivity contribution in [1.29, 1.82) is 0 Å². The van der Waals surface area contributed by atoms with Gasteiger partial charge in [0, 0.05) is 5.56 Å². The van der Waals surface area contributed by atoms with E-state index in [-0.39, 0.29) is 11.5 Å². The molecule has 2 rings (SSSR count). The molecule has 0 heterocycles. The van der Waals surface area contributed by atoms with Crippen LogP contribution >= 0.6 is 0 Å². The van der Waals surface area contributed by atoms with Gasteiger partial charge in [-0.05, 0) is 11.6 Å². The van der Waals surface area contributed by atoms with Crippen LogP contribution < -0.4 is 8.37 Å². The fourth-order valence-corrected chi connectivity index (χ4v) is 2.32. The molecule has 116 valence electrons. The summed E-state index contributed by atoms with van der Waals surface area (Å²) in [6, 6.07) is 13.9. The summed E-state index contributed by atoms with van der Waals surface area (Å²) in [5, 5.41) is 0. The van der Waals surface area contributed by atoms with Crippen molar-refractivity contribution in [3.8, 4) is 11.5 Å². The average Bonchev–Trinajstić information content (AvgIpc) is 2.48. The van der Waals surface area contributed by atoms with Crippen LogP contribution in [-0.4, -0.2) is 17.5 Å². The Labute approximate surface area is 132 Å². The maximum absolute atomic E-state index is 10.9. The lowest BCUT2D eigenvalue weighted by atomic mass is 10.1. The van der Waals surface area contributed by atoms with Crippen LogP contribution in [0, 0.1) is 0 Å². The predicted octanol–water partition coefficient (Wildman–Crippen LogP) is 2.89. The first-order valence-electron chi connectivity index (χ1n) is 6.01. The molecule has 0 aliphatic rings. The summed E-state index contributed by atoms with van der Waals surface area (Å²) in [6.45, 7) is 0. The van der Waals surface area contributed by atoms with Gasteiger partial charge >= 0.3 is 22.7 Å². The zero-order chi connectivity index (χ0) is 15.9. The molecular weight excluding hydrogens is 328 g/mol. The molecule has 0 aliphatic carbocycles. The van der Waals surface area contributed by atoms with E-state index in [9.17, 15) is 8.42 Å². The summed E-state index contributed by atoms with van der Waals surface area (Å²) in [4.78, 5) is 0. The molecule has 0 fully saturated rings. The highest BCUT2D eigenvalue weighted by atomic mass is 32.2. The smallest absolute Gasteiger partial charge is 0.357 e. The molecule has 0 amide bonds. The Hall–Kier alpha value is -2.00. The Morgan fingerprint density at radius 3 is 2.14 bits per heavy atom. The minimum atomic E-state index is -2.59. The van der Waals surface area contributed by atoms with Crippen molar-refractivity contribution >= 4 is 34.9 Å². The molecule has 22 heavy (non-hydrogen) atoms. The Kier molecular flexibility index (Phi) is 5.84. The van der Waals surface area contributed by atoms with Gasteiger partial charge in [-0.25, -0.2) is 0 Å². The van der Waals surface area contributed by atoms with Crippen molar-refractivity contribution in [3.63, 3.8) is 0 Å². The molecule has 0 spiro atoms. The lowest BCUT2D eigenvalue weighted by Gasteiger charge is -2.09. The number of hydrogen-bond acceptors (Lipinski definition) is 4. The van der Waals surface area contributed by atoms with Gasteiger partial charge in [0.1, 0.15) is 0 Å². The summed E-state index contributed by atoms with van der Waals surface area (Å²) in [6.07, 6.45) is 3.41. The molecule has 0 aromatic heterocycles. The molecule has 0 radical (unpaired) electrons. The van der Waals surface area contributed by atoms with Crippen LogP contribution in [0.5, 0.6) is 11.5 Å². The van der Waals surface area contributed by atoms with E-state index in [1.807, 2.05) is 30.3 Å². The van der Waals surface area contributed by atoms with Crippen LogP contribution in [0.1, 0.15) is 11.1 Å². The first kappa shape index (κ1) is 16.4. The molecule has 0 saturated carbocycles. The Bertz CT molecular complexity index is 715. The summed E-state index contributed by atoms with van der Waals surface area (Å²) in [5.41, 5.74) is 1.34. The molecular formula is C14H12O6S2. The summed E-state index contributed by atoms with van der Waals surface area (Å²) >= 11 is -5.17. The van der Waals surface area contributed by atoms with Crippen molar-refractivity contribution in [2.45, 2.75) is 0 Å². The maximum atomic E-state index is 10.9. The van der Waals surface area contributed by atoms with E-state index in [1.165, 1.54) is 6.07 Å². The van der Waals surface area contributed by atoms with Crippen molar-refractivity contribution < 1.29 is 25.9 Å². The highest BCUT2D eigenvalue weighted by Gasteiger charge is 2.14. The molecule has 0 aliphatic heterocycles. The fourth-order valence-electron chi connectivity index (χ4n) is 1.72. The quantitative estimate of drug-likeness (QED) is 0.620.